The first kappa shape index (κ1) is 19.9. The van der Waals surface area contributed by atoms with Crippen LogP contribution in [0, 0.1) is 11.8 Å². The van der Waals surface area contributed by atoms with Gasteiger partial charge in [-0.3, -0.25) is 14.5 Å². The van der Waals surface area contributed by atoms with Crippen LogP contribution >= 0.6 is 0 Å². The Kier molecular flexibility index (Phi) is 6.61. The Hall–Kier alpha value is -1.42. The third-order valence-electron chi connectivity index (χ3n) is 6.20. The lowest BCUT2D eigenvalue weighted by molar-refractivity contribution is -0.905. The van der Waals surface area contributed by atoms with Gasteiger partial charge in [0, 0.05) is 0 Å². The number of fused-ring (bicyclic) bond motifs is 1. The molecule has 0 N–H and O–H groups in total. The van der Waals surface area contributed by atoms with E-state index in [0.717, 1.165) is 49.8 Å². The molecule has 1 heterocycles. The molecule has 2 aliphatic rings. The Morgan fingerprint density at radius 3 is 2.44 bits per heavy atom. The maximum atomic E-state index is 12.8. The van der Waals surface area contributed by atoms with Crippen LogP contribution in [0.2, 0.25) is 0 Å². The maximum Gasteiger partial charge on any atom is 0.233 e. The summed E-state index contributed by atoms with van der Waals surface area (Å²) in [6, 6.07) is 0. The van der Waals surface area contributed by atoms with Crippen molar-refractivity contribution < 1.29 is 14.1 Å². The Morgan fingerprint density at radius 1 is 1.20 bits per heavy atom. The summed E-state index contributed by atoms with van der Waals surface area (Å²) < 4.78 is 0.901. The molecule has 0 aromatic rings. The van der Waals surface area contributed by atoms with Gasteiger partial charge >= 0.3 is 0 Å². The van der Waals surface area contributed by atoms with E-state index in [1.54, 1.807) is 4.90 Å². The zero-order valence-electron chi connectivity index (χ0n) is 16.7. The van der Waals surface area contributed by atoms with E-state index in [4.69, 9.17) is 0 Å². The number of hydrogen-bond donors (Lipinski definition) is 0. The van der Waals surface area contributed by atoms with Gasteiger partial charge in [0.25, 0.3) is 0 Å². The molecule has 0 aromatic carbocycles. The third kappa shape index (κ3) is 4.60. The molecule has 0 radical (unpaired) electrons. The summed E-state index contributed by atoms with van der Waals surface area (Å²) in [6.07, 6.45) is 8.01. The fraction of sp³-hybridized carbons (Fsp3) is 0.714. The van der Waals surface area contributed by atoms with Gasteiger partial charge in [-0.2, -0.15) is 0 Å². The minimum absolute atomic E-state index is 0.0633. The number of likely N-dealkylation sites (tertiary alicyclic amines) is 1. The van der Waals surface area contributed by atoms with E-state index in [9.17, 15) is 9.59 Å². The highest BCUT2D eigenvalue weighted by atomic mass is 16.2. The first-order valence-electron chi connectivity index (χ1n) is 9.81. The average molecular weight is 348 g/mol. The SMILES string of the molecule is CC[N+](C)(CC)CCN1C(=O)C2CC=C(CCC=C(C)C)CC2C1=O. The fourth-order valence-electron chi connectivity index (χ4n) is 3.86. The molecule has 1 saturated heterocycles. The van der Waals surface area contributed by atoms with Crippen LogP contribution in [0.4, 0.5) is 0 Å². The van der Waals surface area contributed by atoms with Gasteiger partial charge in [0.05, 0.1) is 45.1 Å². The van der Waals surface area contributed by atoms with Gasteiger partial charge in [0.2, 0.25) is 11.8 Å². The Balaban J connectivity index is 1.97. The smallest absolute Gasteiger partial charge is 0.233 e. The van der Waals surface area contributed by atoms with Crippen LogP contribution in [0.25, 0.3) is 0 Å². The monoisotopic (exact) mass is 347 g/mol. The van der Waals surface area contributed by atoms with E-state index in [0.29, 0.717) is 6.54 Å². The normalized spacial score (nSPS) is 23.6. The summed E-state index contributed by atoms with van der Waals surface area (Å²) in [4.78, 5) is 27.1. The van der Waals surface area contributed by atoms with Gasteiger partial charge < -0.3 is 4.48 Å². The van der Waals surface area contributed by atoms with Crippen molar-refractivity contribution in [1.82, 2.24) is 4.90 Å². The van der Waals surface area contributed by atoms with Crippen molar-refractivity contribution >= 4 is 11.8 Å². The minimum Gasteiger partial charge on any atom is -0.325 e. The summed E-state index contributed by atoms with van der Waals surface area (Å²) in [5.41, 5.74) is 2.69. The molecule has 2 amide bonds. The van der Waals surface area contributed by atoms with Crippen molar-refractivity contribution in [2.75, 3.05) is 33.2 Å². The minimum atomic E-state index is -0.110. The Labute approximate surface area is 153 Å². The largest absolute Gasteiger partial charge is 0.325 e. The van der Waals surface area contributed by atoms with Gasteiger partial charge in [-0.15, -0.1) is 0 Å². The quantitative estimate of drug-likeness (QED) is 0.383. The molecule has 1 aliphatic carbocycles. The lowest BCUT2D eigenvalue weighted by atomic mass is 9.80. The number of likely N-dealkylation sites (N-methyl/N-ethyl adjacent to an activating group) is 1. The highest BCUT2D eigenvalue weighted by molar-refractivity contribution is 6.05. The average Bonchev–Trinajstić information content (AvgIpc) is 2.83. The number of carbonyl (C=O) groups is 2. The molecule has 2 unspecified atom stereocenters. The van der Waals surface area contributed by atoms with E-state index in [-0.39, 0.29) is 23.7 Å². The van der Waals surface area contributed by atoms with Crippen molar-refractivity contribution in [3.63, 3.8) is 0 Å². The van der Waals surface area contributed by atoms with Crippen molar-refractivity contribution in [2.45, 2.75) is 53.4 Å². The molecule has 0 saturated carbocycles. The van der Waals surface area contributed by atoms with Crippen LogP contribution in [0.5, 0.6) is 0 Å². The van der Waals surface area contributed by atoms with Crippen LogP contribution in [0.3, 0.4) is 0 Å². The van der Waals surface area contributed by atoms with Crippen LogP contribution in [-0.4, -0.2) is 54.4 Å². The zero-order valence-corrected chi connectivity index (χ0v) is 16.7. The highest BCUT2D eigenvalue weighted by Gasteiger charge is 2.48. The van der Waals surface area contributed by atoms with Crippen molar-refractivity contribution in [3.8, 4) is 0 Å². The first-order chi connectivity index (χ1) is 11.8. The number of quaternary nitrogens is 1. The standard InChI is InChI=1S/C21H35N2O2/c1-6-23(5,7-2)14-13-22-20(24)18-12-11-17(10-8-9-16(3)4)15-19(18)21(22)25/h9,11,18-19H,6-8,10,12-15H2,1-5H3/q+1. The molecule has 2 atom stereocenters. The Bertz CT molecular complexity index is 568. The molecular formula is C21H35N2O2+. The predicted octanol–water partition coefficient (Wildman–Crippen LogP) is 3.54. The summed E-state index contributed by atoms with van der Waals surface area (Å²) in [5, 5.41) is 0. The second kappa shape index (κ2) is 8.31. The fourth-order valence-corrected chi connectivity index (χ4v) is 3.86. The highest BCUT2D eigenvalue weighted by Crippen LogP contribution is 2.39. The van der Waals surface area contributed by atoms with E-state index >= 15 is 0 Å². The molecule has 1 aliphatic heterocycles. The summed E-state index contributed by atoms with van der Waals surface area (Å²) in [5.74, 6) is -0.0853. The molecule has 0 bridgehead atoms. The summed E-state index contributed by atoms with van der Waals surface area (Å²) >= 11 is 0. The van der Waals surface area contributed by atoms with Crippen LogP contribution in [-0.2, 0) is 9.59 Å². The molecule has 25 heavy (non-hydrogen) atoms. The number of allylic oxidation sites excluding steroid dienone is 4. The van der Waals surface area contributed by atoms with E-state index in [1.807, 2.05) is 0 Å². The molecule has 4 heteroatoms. The number of nitrogens with zero attached hydrogens (tertiary/aromatic N) is 2. The predicted molar refractivity (Wildman–Crippen MR) is 102 cm³/mol. The third-order valence-corrected chi connectivity index (χ3v) is 6.20. The van der Waals surface area contributed by atoms with E-state index < -0.39 is 0 Å². The number of amides is 2. The number of rotatable bonds is 8. The van der Waals surface area contributed by atoms with Gasteiger partial charge in [0.1, 0.15) is 0 Å². The molecule has 140 valence electrons. The lowest BCUT2D eigenvalue weighted by Gasteiger charge is -2.33. The van der Waals surface area contributed by atoms with Gasteiger partial charge in [-0.05, 0) is 53.4 Å². The maximum absolute atomic E-state index is 12.8. The zero-order chi connectivity index (χ0) is 18.6. The first-order valence-corrected chi connectivity index (χ1v) is 9.81. The molecule has 4 nitrogen and oxygen atoms in total. The van der Waals surface area contributed by atoms with Crippen molar-refractivity contribution in [3.05, 3.63) is 23.3 Å². The molecular weight excluding hydrogens is 312 g/mol. The van der Waals surface area contributed by atoms with Crippen molar-refractivity contribution in [2.24, 2.45) is 11.8 Å². The van der Waals surface area contributed by atoms with Gasteiger partial charge in [0.15, 0.2) is 0 Å². The van der Waals surface area contributed by atoms with E-state index in [2.05, 4.69) is 46.9 Å². The molecule has 0 spiro atoms. The second-order valence-electron chi connectivity index (χ2n) is 8.14. The van der Waals surface area contributed by atoms with E-state index in [1.165, 1.54) is 11.1 Å². The molecule has 0 aromatic heterocycles. The van der Waals surface area contributed by atoms with Gasteiger partial charge in [-0.25, -0.2) is 0 Å². The topological polar surface area (TPSA) is 37.4 Å². The summed E-state index contributed by atoms with van der Waals surface area (Å²) in [6.45, 7) is 12.0. The lowest BCUT2D eigenvalue weighted by Crippen LogP contribution is -2.49. The second-order valence-corrected chi connectivity index (χ2v) is 8.14. The number of hydrogen-bond acceptors (Lipinski definition) is 2. The number of imide groups is 1. The van der Waals surface area contributed by atoms with Crippen molar-refractivity contribution in [1.29, 1.82) is 0 Å². The Morgan fingerprint density at radius 2 is 1.84 bits per heavy atom. The summed E-state index contributed by atoms with van der Waals surface area (Å²) in [7, 11) is 2.20. The van der Waals surface area contributed by atoms with Crippen LogP contribution in [0.15, 0.2) is 23.3 Å². The number of carbonyl (C=O) groups excluding carboxylic acids is 2. The molecule has 2 rings (SSSR count). The van der Waals surface area contributed by atoms with Crippen LogP contribution < -0.4 is 0 Å². The van der Waals surface area contributed by atoms with Crippen LogP contribution in [0.1, 0.15) is 53.4 Å². The van der Waals surface area contributed by atoms with Gasteiger partial charge in [-0.1, -0.05) is 23.3 Å². The molecule has 1 fully saturated rings.